The molecule has 3 atom stereocenters. The molecule has 1 saturated carbocycles. The van der Waals surface area contributed by atoms with Crippen molar-refractivity contribution in [3.05, 3.63) is 12.2 Å². The van der Waals surface area contributed by atoms with E-state index in [0.29, 0.717) is 11.5 Å². The van der Waals surface area contributed by atoms with Crippen molar-refractivity contribution in [1.29, 1.82) is 0 Å². The summed E-state index contributed by atoms with van der Waals surface area (Å²) in [6, 6.07) is 0. The number of rotatable bonds is 5. The topological polar surface area (TPSA) is 35.5 Å². The third-order valence-corrected chi connectivity index (χ3v) is 3.95. The Bertz CT molecular complexity index is 316. The normalized spacial score (nSPS) is 32.0. The molecule has 3 nitrogen and oxygen atoms in total. The highest BCUT2D eigenvalue weighted by Crippen LogP contribution is 2.37. The molecule has 0 aliphatic heterocycles. The molecule has 1 aliphatic rings. The van der Waals surface area contributed by atoms with Gasteiger partial charge in [0.2, 0.25) is 0 Å². The van der Waals surface area contributed by atoms with E-state index in [1.54, 1.807) is 6.92 Å². The smallest absolute Gasteiger partial charge is 0.333 e. The standard InChI is InChI=1S/C14H24O3S/c1-5-16-12-6-7-14(4,8-11(12)9-18)17-13(15)10(2)3/h11-12,18H,2,5-9H2,1,3-4H3. The van der Waals surface area contributed by atoms with Gasteiger partial charge in [-0.25, -0.2) is 4.79 Å². The van der Waals surface area contributed by atoms with Crippen molar-refractivity contribution in [2.45, 2.75) is 51.7 Å². The Morgan fingerprint density at radius 2 is 2.22 bits per heavy atom. The van der Waals surface area contributed by atoms with E-state index in [1.807, 2.05) is 13.8 Å². The monoisotopic (exact) mass is 272 g/mol. The molecule has 0 N–H and O–H groups in total. The van der Waals surface area contributed by atoms with E-state index in [1.165, 1.54) is 0 Å². The predicted molar refractivity (Wildman–Crippen MR) is 75.9 cm³/mol. The van der Waals surface area contributed by atoms with Crippen LogP contribution in [0.3, 0.4) is 0 Å². The minimum absolute atomic E-state index is 0.240. The fraction of sp³-hybridized carbons (Fsp3) is 0.786. The molecule has 0 aromatic heterocycles. The van der Waals surface area contributed by atoms with Crippen LogP contribution in [-0.4, -0.2) is 30.0 Å². The van der Waals surface area contributed by atoms with Gasteiger partial charge in [-0.15, -0.1) is 0 Å². The molecule has 0 radical (unpaired) electrons. The predicted octanol–water partition coefficient (Wildman–Crippen LogP) is 3.00. The average Bonchev–Trinajstić information content (AvgIpc) is 2.31. The number of hydrogen-bond acceptors (Lipinski definition) is 4. The van der Waals surface area contributed by atoms with Crippen LogP contribution < -0.4 is 0 Å². The van der Waals surface area contributed by atoms with Crippen LogP contribution in [0.15, 0.2) is 12.2 Å². The first-order chi connectivity index (χ1) is 8.41. The van der Waals surface area contributed by atoms with Gasteiger partial charge < -0.3 is 9.47 Å². The van der Waals surface area contributed by atoms with Crippen LogP contribution in [0.5, 0.6) is 0 Å². The minimum Gasteiger partial charge on any atom is -0.456 e. The summed E-state index contributed by atoms with van der Waals surface area (Å²) in [7, 11) is 0. The molecule has 104 valence electrons. The zero-order valence-corrected chi connectivity index (χ0v) is 12.5. The van der Waals surface area contributed by atoms with E-state index >= 15 is 0 Å². The maximum Gasteiger partial charge on any atom is 0.333 e. The SMILES string of the molecule is C=C(C)C(=O)OC1(C)CCC(OCC)C(CS)C1. The summed E-state index contributed by atoms with van der Waals surface area (Å²) in [5.74, 6) is 0.792. The third-order valence-electron chi connectivity index (χ3n) is 3.48. The van der Waals surface area contributed by atoms with Crippen molar-refractivity contribution in [1.82, 2.24) is 0 Å². The van der Waals surface area contributed by atoms with Gasteiger partial charge in [0.05, 0.1) is 6.10 Å². The number of carbonyl (C=O) groups is 1. The van der Waals surface area contributed by atoms with Gasteiger partial charge in [0, 0.05) is 12.2 Å². The van der Waals surface area contributed by atoms with Crippen molar-refractivity contribution in [3.8, 4) is 0 Å². The maximum atomic E-state index is 11.6. The third kappa shape index (κ3) is 4.02. The van der Waals surface area contributed by atoms with Gasteiger partial charge in [0.25, 0.3) is 0 Å². The number of thiol groups is 1. The van der Waals surface area contributed by atoms with E-state index in [-0.39, 0.29) is 12.1 Å². The van der Waals surface area contributed by atoms with E-state index in [4.69, 9.17) is 9.47 Å². The lowest BCUT2D eigenvalue weighted by Crippen LogP contribution is -2.44. The summed E-state index contributed by atoms with van der Waals surface area (Å²) in [6.45, 7) is 10.0. The Balaban J connectivity index is 2.65. The highest BCUT2D eigenvalue weighted by Gasteiger charge is 2.40. The van der Waals surface area contributed by atoms with Crippen molar-refractivity contribution in [2.24, 2.45) is 5.92 Å². The van der Waals surface area contributed by atoms with E-state index in [0.717, 1.165) is 31.6 Å². The average molecular weight is 272 g/mol. The van der Waals surface area contributed by atoms with E-state index in [2.05, 4.69) is 19.2 Å². The summed E-state index contributed by atoms with van der Waals surface area (Å²) >= 11 is 4.39. The molecule has 0 spiro atoms. The Morgan fingerprint density at radius 3 is 2.72 bits per heavy atom. The zero-order valence-electron chi connectivity index (χ0n) is 11.6. The van der Waals surface area contributed by atoms with Crippen molar-refractivity contribution < 1.29 is 14.3 Å². The molecule has 0 bridgehead atoms. The quantitative estimate of drug-likeness (QED) is 0.475. The fourth-order valence-corrected chi connectivity index (χ4v) is 2.85. The molecule has 1 fully saturated rings. The Morgan fingerprint density at radius 1 is 1.56 bits per heavy atom. The summed E-state index contributed by atoms with van der Waals surface area (Å²) in [6.07, 6.45) is 2.80. The van der Waals surface area contributed by atoms with Crippen LogP contribution in [0.25, 0.3) is 0 Å². The van der Waals surface area contributed by atoms with Crippen molar-refractivity contribution in [3.63, 3.8) is 0 Å². The summed E-state index contributed by atoms with van der Waals surface area (Å²) in [4.78, 5) is 11.6. The highest BCUT2D eigenvalue weighted by molar-refractivity contribution is 7.80. The Hall–Kier alpha value is -0.480. The molecule has 0 amide bonds. The molecule has 0 saturated heterocycles. The maximum absolute atomic E-state index is 11.6. The number of hydrogen-bond donors (Lipinski definition) is 1. The van der Waals surface area contributed by atoms with Crippen molar-refractivity contribution in [2.75, 3.05) is 12.4 Å². The first kappa shape index (κ1) is 15.6. The van der Waals surface area contributed by atoms with Gasteiger partial charge >= 0.3 is 5.97 Å². The van der Waals surface area contributed by atoms with Crippen LogP contribution in [0.2, 0.25) is 0 Å². The fourth-order valence-electron chi connectivity index (χ4n) is 2.49. The molecule has 0 aromatic rings. The van der Waals surface area contributed by atoms with Gasteiger partial charge in [-0.2, -0.15) is 12.6 Å². The van der Waals surface area contributed by atoms with Gasteiger partial charge in [0.1, 0.15) is 5.60 Å². The molecule has 1 rings (SSSR count). The van der Waals surface area contributed by atoms with Crippen LogP contribution in [-0.2, 0) is 14.3 Å². The molecule has 18 heavy (non-hydrogen) atoms. The molecule has 1 aliphatic carbocycles. The second-order valence-electron chi connectivity index (χ2n) is 5.30. The summed E-state index contributed by atoms with van der Waals surface area (Å²) < 4.78 is 11.3. The lowest BCUT2D eigenvalue weighted by Gasteiger charge is -2.41. The lowest BCUT2D eigenvalue weighted by molar-refractivity contribution is -0.162. The first-order valence-corrected chi connectivity index (χ1v) is 7.16. The van der Waals surface area contributed by atoms with Crippen LogP contribution >= 0.6 is 12.6 Å². The summed E-state index contributed by atoms with van der Waals surface area (Å²) in [5, 5.41) is 0. The Labute approximate surface area is 115 Å². The molecule has 0 aromatic carbocycles. The largest absolute Gasteiger partial charge is 0.456 e. The number of ether oxygens (including phenoxy) is 2. The van der Waals surface area contributed by atoms with Crippen molar-refractivity contribution >= 4 is 18.6 Å². The summed E-state index contributed by atoms with van der Waals surface area (Å²) in [5.41, 5.74) is 0.0439. The molecule has 0 heterocycles. The molecular formula is C14H24O3S. The van der Waals surface area contributed by atoms with Gasteiger partial charge in [-0.05, 0) is 51.7 Å². The highest BCUT2D eigenvalue weighted by atomic mass is 32.1. The number of carbonyl (C=O) groups excluding carboxylic acids is 1. The Kier molecular flexibility index (Phi) is 5.73. The molecule has 3 unspecified atom stereocenters. The molecule has 4 heteroatoms. The van der Waals surface area contributed by atoms with Crippen LogP contribution in [0.4, 0.5) is 0 Å². The number of esters is 1. The van der Waals surface area contributed by atoms with Gasteiger partial charge in [0.15, 0.2) is 0 Å². The zero-order chi connectivity index (χ0) is 13.8. The second-order valence-corrected chi connectivity index (χ2v) is 5.66. The van der Waals surface area contributed by atoms with Gasteiger partial charge in [-0.1, -0.05) is 6.58 Å². The van der Waals surface area contributed by atoms with Crippen LogP contribution in [0, 0.1) is 5.92 Å². The first-order valence-electron chi connectivity index (χ1n) is 6.53. The van der Waals surface area contributed by atoms with E-state index in [9.17, 15) is 4.79 Å². The molecular weight excluding hydrogens is 248 g/mol. The van der Waals surface area contributed by atoms with E-state index < -0.39 is 5.60 Å². The minimum atomic E-state index is -0.406. The lowest BCUT2D eigenvalue weighted by atomic mass is 9.78. The van der Waals surface area contributed by atoms with Gasteiger partial charge in [-0.3, -0.25) is 0 Å². The van der Waals surface area contributed by atoms with Crippen LogP contribution in [0.1, 0.15) is 40.0 Å². The second kappa shape index (κ2) is 6.62.